The average molecular weight is 403 g/mol. The molecule has 3 rings (SSSR count). The van der Waals surface area contributed by atoms with E-state index in [0.717, 1.165) is 0 Å². The molecule has 21 heavy (non-hydrogen) atoms. The highest BCUT2D eigenvalue weighted by Crippen LogP contribution is 2.33. The maximum Gasteiger partial charge on any atom is 0.351 e. The van der Waals surface area contributed by atoms with E-state index >= 15 is 0 Å². The van der Waals surface area contributed by atoms with Crippen molar-refractivity contribution >= 4 is 33.6 Å². The maximum absolute atomic E-state index is 12.1. The summed E-state index contributed by atoms with van der Waals surface area (Å²) in [5.74, 6) is 0.0981. The number of H-pyrrole nitrogens is 1. The van der Waals surface area contributed by atoms with Crippen molar-refractivity contribution in [1.82, 2.24) is 14.5 Å². The van der Waals surface area contributed by atoms with Crippen LogP contribution in [0.15, 0.2) is 21.9 Å². The number of nitrogens with one attached hydrogen (secondary N) is 1. The summed E-state index contributed by atoms with van der Waals surface area (Å²) in [6.45, 7) is 1.90. The molecule has 0 amide bonds. The third-order valence-corrected chi connectivity index (χ3v) is 4.44. The second-order valence-corrected chi connectivity index (χ2v) is 6.39. The van der Waals surface area contributed by atoms with Crippen LogP contribution in [-0.4, -0.2) is 32.4 Å². The molecule has 1 aliphatic heterocycles. The Balaban J connectivity index is 2.11. The van der Waals surface area contributed by atoms with E-state index in [0.29, 0.717) is 15.4 Å². The zero-order chi connectivity index (χ0) is 15.1. The van der Waals surface area contributed by atoms with Crippen LogP contribution < -0.4 is 11.2 Å². The van der Waals surface area contributed by atoms with E-state index in [1.54, 1.807) is 12.3 Å². The fourth-order valence-electron chi connectivity index (χ4n) is 2.62. The van der Waals surface area contributed by atoms with Crippen LogP contribution in [0, 0.1) is 9.49 Å². The van der Waals surface area contributed by atoms with Gasteiger partial charge in [-0.05, 0) is 35.1 Å². The number of pyridine rings is 1. The first kappa shape index (κ1) is 14.7. The van der Waals surface area contributed by atoms with Gasteiger partial charge >= 0.3 is 5.69 Å². The van der Waals surface area contributed by atoms with E-state index in [1.807, 2.05) is 29.5 Å². The second kappa shape index (κ2) is 5.50. The molecule has 112 valence electrons. The zero-order valence-corrected chi connectivity index (χ0v) is 13.4. The summed E-state index contributed by atoms with van der Waals surface area (Å²) >= 11 is 1.93. The van der Waals surface area contributed by atoms with Gasteiger partial charge in [0.1, 0.15) is 11.9 Å². The zero-order valence-electron chi connectivity index (χ0n) is 11.2. The number of aliphatic hydroxyl groups is 1. The summed E-state index contributed by atoms with van der Waals surface area (Å²) in [6, 6.07) is 1.68. The van der Waals surface area contributed by atoms with E-state index in [-0.39, 0.29) is 29.8 Å². The normalized spacial score (nSPS) is 25.6. The van der Waals surface area contributed by atoms with Crippen molar-refractivity contribution < 1.29 is 9.84 Å². The Hall–Kier alpha value is -1.26. The van der Waals surface area contributed by atoms with Gasteiger partial charge in [-0.25, -0.2) is 4.79 Å². The molecule has 2 N–H and O–H groups in total. The summed E-state index contributed by atoms with van der Waals surface area (Å²) in [5, 5.41) is 9.86. The number of hydrogen-bond acceptors (Lipinski definition) is 5. The molecule has 0 bridgehead atoms. The number of aliphatic hydroxyl groups excluding tert-OH is 1. The third-order valence-electron chi connectivity index (χ3n) is 3.64. The minimum absolute atomic E-state index is 0.0676. The molecular weight excluding hydrogens is 389 g/mol. The lowest BCUT2D eigenvalue weighted by Gasteiger charge is -2.18. The average Bonchev–Trinajstić information content (AvgIpc) is 2.81. The number of aromatic amines is 1. The molecule has 0 radical (unpaired) electrons. The minimum atomic E-state index is -0.477. The van der Waals surface area contributed by atoms with Crippen molar-refractivity contribution in [3.8, 4) is 0 Å². The molecule has 3 heterocycles. The van der Waals surface area contributed by atoms with Crippen molar-refractivity contribution in [3.63, 3.8) is 0 Å². The molecule has 1 aliphatic rings. The van der Waals surface area contributed by atoms with Gasteiger partial charge in [0.2, 0.25) is 0 Å². The highest BCUT2D eigenvalue weighted by atomic mass is 127. The molecule has 8 heteroatoms. The predicted molar refractivity (Wildman–Crippen MR) is 84.1 cm³/mol. The van der Waals surface area contributed by atoms with Crippen molar-refractivity contribution in [2.75, 3.05) is 6.61 Å². The Bertz CT molecular complexity index is 800. The number of aromatic nitrogens is 3. The van der Waals surface area contributed by atoms with Gasteiger partial charge in [0.15, 0.2) is 0 Å². The highest BCUT2D eigenvalue weighted by Gasteiger charge is 2.33. The van der Waals surface area contributed by atoms with Crippen LogP contribution in [0.4, 0.5) is 0 Å². The quantitative estimate of drug-likeness (QED) is 0.717. The molecule has 0 unspecified atom stereocenters. The van der Waals surface area contributed by atoms with Gasteiger partial charge in [-0.1, -0.05) is 6.92 Å². The number of fused-ring (bicyclic) bond motifs is 1. The fourth-order valence-corrected chi connectivity index (χ4v) is 3.09. The van der Waals surface area contributed by atoms with Crippen LogP contribution >= 0.6 is 22.6 Å². The summed E-state index contributed by atoms with van der Waals surface area (Å²) in [7, 11) is 0. The van der Waals surface area contributed by atoms with E-state index < -0.39 is 11.9 Å². The Labute approximate surface area is 133 Å². The Morgan fingerprint density at radius 3 is 3.00 bits per heavy atom. The van der Waals surface area contributed by atoms with E-state index in [4.69, 9.17) is 4.74 Å². The number of ether oxygens (including phenoxy) is 1. The van der Waals surface area contributed by atoms with Gasteiger partial charge < -0.3 is 14.8 Å². The molecule has 7 nitrogen and oxygen atoms in total. The van der Waals surface area contributed by atoms with Gasteiger partial charge in [-0.3, -0.25) is 9.36 Å². The lowest BCUT2D eigenvalue weighted by atomic mass is 10.1. The molecule has 2 aromatic rings. The number of hydrogen-bond donors (Lipinski definition) is 2. The smallest absolute Gasteiger partial charge is 0.351 e. The van der Waals surface area contributed by atoms with Gasteiger partial charge in [0.05, 0.1) is 16.3 Å². The number of halogens is 1. The molecule has 3 atom stereocenters. The SMILES string of the molecule is C[C@H]1C[C@@H](CO)O[C@H]1n1cc2cc(I)c(=O)[nH]c2nc1=O. The van der Waals surface area contributed by atoms with Crippen LogP contribution in [0.1, 0.15) is 19.6 Å². The van der Waals surface area contributed by atoms with Gasteiger partial charge in [-0.2, -0.15) is 4.98 Å². The second-order valence-electron chi connectivity index (χ2n) is 5.23. The van der Waals surface area contributed by atoms with Crippen LogP contribution in [-0.2, 0) is 4.74 Å². The molecule has 0 saturated carbocycles. The Kier molecular flexibility index (Phi) is 3.84. The Morgan fingerprint density at radius 2 is 2.33 bits per heavy atom. The first-order valence-corrected chi connectivity index (χ1v) is 7.65. The van der Waals surface area contributed by atoms with Crippen molar-refractivity contribution in [2.24, 2.45) is 5.92 Å². The lowest BCUT2D eigenvalue weighted by molar-refractivity contribution is -0.0333. The fraction of sp³-hybridized carbons (Fsp3) is 0.462. The van der Waals surface area contributed by atoms with Gasteiger partial charge in [-0.15, -0.1) is 0 Å². The van der Waals surface area contributed by atoms with Gasteiger partial charge in [0.25, 0.3) is 5.56 Å². The summed E-state index contributed by atoms with van der Waals surface area (Å²) in [5.41, 5.74) is -0.473. The van der Waals surface area contributed by atoms with Crippen LogP contribution in [0.25, 0.3) is 11.0 Å². The molecule has 0 aromatic carbocycles. The Morgan fingerprint density at radius 1 is 1.57 bits per heavy atom. The number of nitrogens with zero attached hydrogens (tertiary/aromatic N) is 2. The molecule has 1 saturated heterocycles. The highest BCUT2D eigenvalue weighted by molar-refractivity contribution is 14.1. The summed E-state index contributed by atoms with van der Waals surface area (Å²) < 4.78 is 7.65. The van der Waals surface area contributed by atoms with E-state index in [1.165, 1.54) is 4.57 Å². The first-order chi connectivity index (χ1) is 9.99. The van der Waals surface area contributed by atoms with Crippen molar-refractivity contribution in [3.05, 3.63) is 36.7 Å². The molecule has 2 aromatic heterocycles. The number of rotatable bonds is 2. The van der Waals surface area contributed by atoms with Crippen molar-refractivity contribution in [1.29, 1.82) is 0 Å². The van der Waals surface area contributed by atoms with Crippen molar-refractivity contribution in [2.45, 2.75) is 25.7 Å². The van der Waals surface area contributed by atoms with E-state index in [2.05, 4.69) is 9.97 Å². The molecule has 1 fully saturated rings. The lowest BCUT2D eigenvalue weighted by Crippen LogP contribution is -2.30. The monoisotopic (exact) mass is 403 g/mol. The predicted octanol–water partition coefficient (Wildman–Crippen LogP) is 0.605. The topological polar surface area (TPSA) is 97.2 Å². The third kappa shape index (κ3) is 2.62. The first-order valence-electron chi connectivity index (χ1n) is 6.57. The summed E-state index contributed by atoms with van der Waals surface area (Å²) in [6.07, 6.45) is 1.62. The standard InChI is InChI=1S/C13H14IN3O4/c1-6-2-8(5-18)21-12(6)17-4-7-3-9(14)11(19)15-10(7)16-13(17)20/h3-4,6,8,12,18H,2,5H2,1H3,(H,15,16,19,20)/t6-,8-,12+/m0/s1. The van der Waals surface area contributed by atoms with Crippen LogP contribution in [0.5, 0.6) is 0 Å². The molecule has 0 aliphatic carbocycles. The molecule has 0 spiro atoms. The minimum Gasteiger partial charge on any atom is -0.394 e. The maximum atomic E-state index is 12.1. The molecular formula is C13H14IN3O4. The van der Waals surface area contributed by atoms with E-state index in [9.17, 15) is 14.7 Å². The largest absolute Gasteiger partial charge is 0.394 e. The van der Waals surface area contributed by atoms with Gasteiger partial charge in [0, 0.05) is 17.5 Å². The van der Waals surface area contributed by atoms with Crippen LogP contribution in [0.3, 0.4) is 0 Å². The van der Waals surface area contributed by atoms with Crippen LogP contribution in [0.2, 0.25) is 0 Å². The summed E-state index contributed by atoms with van der Waals surface area (Å²) in [4.78, 5) is 30.2.